The third-order valence-corrected chi connectivity index (χ3v) is 4.92. The third-order valence-electron chi connectivity index (χ3n) is 4.92. The van der Waals surface area contributed by atoms with Crippen LogP contribution in [0.25, 0.3) is 22.5 Å². The molecule has 1 fully saturated rings. The molecule has 9 nitrogen and oxygen atoms in total. The number of carbonyl (C=O) groups excluding carboxylic acids is 1. The van der Waals surface area contributed by atoms with Crippen molar-refractivity contribution in [3.63, 3.8) is 0 Å². The number of aryl methyl sites for hydroxylation is 1. The minimum atomic E-state index is -0.323. The first-order chi connectivity index (χ1) is 14.7. The van der Waals surface area contributed by atoms with Gasteiger partial charge >= 0.3 is 0 Å². The standard InChI is InChI=1S/C21H19N7O2/c1-27-10-14(9-24-27)16-5-4-8-23-19(16)21(29)25-18-11-28(15-12-30-13-15)26-20(18)17-6-2-3-7-22-17/h2-11,15H,12-13H2,1H3,(H,25,29). The van der Waals surface area contributed by atoms with Crippen LogP contribution in [0, 0.1) is 0 Å². The molecule has 30 heavy (non-hydrogen) atoms. The maximum Gasteiger partial charge on any atom is 0.275 e. The van der Waals surface area contributed by atoms with E-state index in [0.29, 0.717) is 41.5 Å². The van der Waals surface area contributed by atoms with Crippen molar-refractivity contribution < 1.29 is 9.53 Å². The normalized spacial score (nSPS) is 13.8. The van der Waals surface area contributed by atoms with E-state index in [9.17, 15) is 4.79 Å². The summed E-state index contributed by atoms with van der Waals surface area (Å²) in [7, 11) is 1.83. The summed E-state index contributed by atoms with van der Waals surface area (Å²) in [5.41, 5.74) is 3.71. The van der Waals surface area contributed by atoms with Crippen molar-refractivity contribution in [3.8, 4) is 22.5 Å². The number of aromatic nitrogens is 6. The molecule has 0 saturated carbocycles. The average Bonchev–Trinajstić information content (AvgIpc) is 3.34. The average molecular weight is 401 g/mol. The molecule has 150 valence electrons. The van der Waals surface area contributed by atoms with Gasteiger partial charge in [0.15, 0.2) is 0 Å². The van der Waals surface area contributed by atoms with Crippen molar-refractivity contribution in [2.24, 2.45) is 7.05 Å². The second-order valence-corrected chi connectivity index (χ2v) is 7.03. The number of hydrogen-bond donors (Lipinski definition) is 1. The summed E-state index contributed by atoms with van der Waals surface area (Å²) in [6, 6.07) is 9.40. The van der Waals surface area contributed by atoms with E-state index < -0.39 is 0 Å². The molecule has 0 aliphatic carbocycles. The van der Waals surface area contributed by atoms with Crippen molar-refractivity contribution in [1.82, 2.24) is 29.5 Å². The number of nitrogens with zero attached hydrogens (tertiary/aromatic N) is 6. The molecule has 0 aromatic carbocycles. The highest BCUT2D eigenvalue weighted by Gasteiger charge is 2.25. The van der Waals surface area contributed by atoms with Crippen molar-refractivity contribution in [2.45, 2.75) is 6.04 Å². The van der Waals surface area contributed by atoms with Crippen molar-refractivity contribution in [2.75, 3.05) is 18.5 Å². The van der Waals surface area contributed by atoms with Gasteiger partial charge in [0.25, 0.3) is 5.91 Å². The zero-order chi connectivity index (χ0) is 20.5. The van der Waals surface area contributed by atoms with E-state index in [-0.39, 0.29) is 11.9 Å². The molecule has 1 saturated heterocycles. The van der Waals surface area contributed by atoms with Gasteiger partial charge in [0.2, 0.25) is 0 Å². The predicted octanol–water partition coefficient (Wildman–Crippen LogP) is 2.56. The second kappa shape index (κ2) is 7.53. The quantitative estimate of drug-likeness (QED) is 0.552. The van der Waals surface area contributed by atoms with Crippen LogP contribution in [0.5, 0.6) is 0 Å². The molecule has 9 heteroatoms. The molecule has 4 aromatic heterocycles. The Hall–Kier alpha value is -3.85. The summed E-state index contributed by atoms with van der Waals surface area (Å²) >= 11 is 0. The Balaban J connectivity index is 1.50. The first kappa shape index (κ1) is 18.2. The highest BCUT2D eigenvalue weighted by molar-refractivity contribution is 6.08. The summed E-state index contributed by atoms with van der Waals surface area (Å²) in [6.45, 7) is 1.20. The number of hydrogen-bond acceptors (Lipinski definition) is 6. The smallest absolute Gasteiger partial charge is 0.275 e. The molecule has 1 aliphatic heterocycles. The number of nitrogens with one attached hydrogen (secondary N) is 1. The monoisotopic (exact) mass is 401 g/mol. The fourth-order valence-electron chi connectivity index (χ4n) is 3.30. The van der Waals surface area contributed by atoms with Gasteiger partial charge in [0.1, 0.15) is 11.4 Å². The van der Waals surface area contributed by atoms with Gasteiger partial charge in [-0.2, -0.15) is 10.2 Å². The van der Waals surface area contributed by atoms with Crippen LogP contribution in [0.1, 0.15) is 16.5 Å². The van der Waals surface area contributed by atoms with Gasteiger partial charge in [0.05, 0.1) is 36.8 Å². The maximum atomic E-state index is 13.2. The summed E-state index contributed by atoms with van der Waals surface area (Å²) in [5.74, 6) is -0.323. The first-order valence-corrected chi connectivity index (χ1v) is 9.53. The number of anilines is 1. The molecule has 0 atom stereocenters. The van der Waals surface area contributed by atoms with Crippen LogP contribution in [0.15, 0.2) is 61.3 Å². The molecule has 0 spiro atoms. The summed E-state index contributed by atoms with van der Waals surface area (Å²) in [4.78, 5) is 21.9. The van der Waals surface area contributed by atoms with E-state index in [4.69, 9.17) is 4.74 Å². The molecule has 1 amide bonds. The fourth-order valence-corrected chi connectivity index (χ4v) is 3.30. The van der Waals surface area contributed by atoms with Gasteiger partial charge in [-0.25, -0.2) is 0 Å². The SMILES string of the molecule is Cn1cc(-c2cccnc2C(=O)Nc2cn(C3COC3)nc2-c2ccccn2)cn1. The number of amides is 1. The van der Waals surface area contributed by atoms with Gasteiger partial charge in [-0.3, -0.25) is 24.1 Å². The molecular weight excluding hydrogens is 382 g/mol. The van der Waals surface area contributed by atoms with E-state index in [1.165, 1.54) is 0 Å². The van der Waals surface area contributed by atoms with E-state index >= 15 is 0 Å². The van der Waals surface area contributed by atoms with Crippen LogP contribution < -0.4 is 5.32 Å². The molecule has 5 rings (SSSR count). The van der Waals surface area contributed by atoms with Crippen LogP contribution in [0.4, 0.5) is 5.69 Å². The topological polar surface area (TPSA) is 99.8 Å². The van der Waals surface area contributed by atoms with E-state index in [0.717, 1.165) is 5.56 Å². The number of rotatable bonds is 5. The largest absolute Gasteiger partial charge is 0.377 e. The first-order valence-electron chi connectivity index (χ1n) is 9.53. The van der Waals surface area contributed by atoms with Gasteiger partial charge in [0, 0.05) is 43.0 Å². The number of carbonyl (C=O) groups is 1. The lowest BCUT2D eigenvalue weighted by atomic mass is 10.1. The lowest BCUT2D eigenvalue weighted by Crippen LogP contribution is -2.30. The molecule has 1 aliphatic rings. The minimum absolute atomic E-state index is 0.152. The van der Waals surface area contributed by atoms with Crippen molar-refractivity contribution >= 4 is 11.6 Å². The number of ether oxygens (including phenoxy) is 1. The lowest BCUT2D eigenvalue weighted by Gasteiger charge is -2.25. The van der Waals surface area contributed by atoms with Crippen LogP contribution in [0.2, 0.25) is 0 Å². The predicted molar refractivity (Wildman–Crippen MR) is 110 cm³/mol. The van der Waals surface area contributed by atoms with Crippen molar-refractivity contribution in [1.29, 1.82) is 0 Å². The Kier molecular flexibility index (Phi) is 4.56. The third kappa shape index (κ3) is 3.35. The van der Waals surface area contributed by atoms with Crippen LogP contribution in [-0.2, 0) is 11.8 Å². The van der Waals surface area contributed by atoms with Crippen LogP contribution >= 0.6 is 0 Å². The highest BCUT2D eigenvalue weighted by Crippen LogP contribution is 2.29. The molecular formula is C21H19N7O2. The van der Waals surface area contributed by atoms with E-state index in [1.54, 1.807) is 29.3 Å². The Morgan fingerprint density at radius 1 is 1.13 bits per heavy atom. The summed E-state index contributed by atoms with van der Waals surface area (Å²) in [6.07, 6.45) is 8.68. The Morgan fingerprint density at radius 2 is 2.00 bits per heavy atom. The van der Waals surface area contributed by atoms with Gasteiger partial charge in [-0.1, -0.05) is 12.1 Å². The summed E-state index contributed by atoms with van der Waals surface area (Å²) in [5, 5.41) is 11.8. The van der Waals surface area contributed by atoms with Crippen LogP contribution in [-0.4, -0.2) is 48.6 Å². The van der Waals surface area contributed by atoms with E-state index in [2.05, 4.69) is 25.5 Å². The molecule has 0 radical (unpaired) electrons. The van der Waals surface area contributed by atoms with Gasteiger partial charge in [-0.05, 0) is 18.2 Å². The van der Waals surface area contributed by atoms with E-state index in [1.807, 2.05) is 48.4 Å². The molecule has 0 bridgehead atoms. The lowest BCUT2D eigenvalue weighted by molar-refractivity contribution is -0.0285. The number of pyridine rings is 2. The second-order valence-electron chi connectivity index (χ2n) is 7.03. The Morgan fingerprint density at radius 3 is 2.70 bits per heavy atom. The minimum Gasteiger partial charge on any atom is -0.377 e. The maximum absolute atomic E-state index is 13.2. The zero-order valence-corrected chi connectivity index (χ0v) is 16.3. The Bertz CT molecular complexity index is 1200. The zero-order valence-electron chi connectivity index (χ0n) is 16.3. The van der Waals surface area contributed by atoms with Crippen LogP contribution in [0.3, 0.4) is 0 Å². The van der Waals surface area contributed by atoms with Crippen molar-refractivity contribution in [3.05, 3.63) is 67.0 Å². The highest BCUT2D eigenvalue weighted by atomic mass is 16.5. The molecule has 4 aromatic rings. The molecule has 5 heterocycles. The van der Waals surface area contributed by atoms with Gasteiger partial charge in [-0.15, -0.1) is 0 Å². The van der Waals surface area contributed by atoms with Gasteiger partial charge < -0.3 is 10.1 Å². The Labute approximate surface area is 172 Å². The molecule has 1 N–H and O–H groups in total. The fraction of sp³-hybridized carbons (Fsp3) is 0.190. The molecule has 0 unspecified atom stereocenters. The summed E-state index contributed by atoms with van der Waals surface area (Å²) < 4.78 is 8.79.